The average molecular weight is 284 g/mol. The molecule has 0 aliphatic heterocycles. The summed E-state index contributed by atoms with van der Waals surface area (Å²) < 4.78 is 0. The van der Waals surface area contributed by atoms with Crippen LogP contribution in [-0.4, -0.2) is 0 Å². The molecule has 108 valence electrons. The van der Waals surface area contributed by atoms with Crippen molar-refractivity contribution in [2.24, 2.45) is 23.7 Å². The molecule has 0 heterocycles. The average Bonchev–Trinajstić information content (AvgIpc) is 3.25. The van der Waals surface area contributed by atoms with Crippen LogP contribution in [0.3, 0.4) is 0 Å². The number of hydrogen-bond donors (Lipinski definition) is 0. The predicted octanol–water partition coefficient (Wildman–Crippen LogP) is 5.03. The van der Waals surface area contributed by atoms with Crippen LogP contribution in [0, 0.1) is 23.7 Å². The van der Waals surface area contributed by atoms with Crippen molar-refractivity contribution in [1.82, 2.24) is 0 Å². The first-order valence-electron chi connectivity index (χ1n) is 9.11. The molecular weight excluding hydrogens is 264 g/mol. The lowest BCUT2D eigenvalue weighted by molar-refractivity contribution is -0.0194. The quantitative estimate of drug-likeness (QED) is 0.595. The minimum absolute atomic E-state index is 0.902. The minimum atomic E-state index is 0.902. The van der Waals surface area contributed by atoms with Crippen LogP contribution in [0.5, 0.6) is 0 Å². The summed E-state index contributed by atoms with van der Waals surface area (Å²) in [5.41, 5.74) is 6.90. The van der Waals surface area contributed by atoms with Gasteiger partial charge in [-0.25, -0.2) is 0 Å². The van der Waals surface area contributed by atoms with E-state index in [9.17, 15) is 0 Å². The zero-order valence-corrected chi connectivity index (χ0v) is 12.7. The van der Waals surface area contributed by atoms with Gasteiger partial charge >= 0.3 is 0 Å². The number of fused-ring (bicyclic) bond motifs is 18. The fourth-order valence-corrected chi connectivity index (χ4v) is 7.91. The maximum atomic E-state index is 2.44. The van der Waals surface area contributed by atoms with Crippen molar-refractivity contribution in [1.29, 1.82) is 0 Å². The van der Waals surface area contributed by atoms with Crippen LogP contribution in [0.25, 0.3) is 0 Å². The molecule has 2 aromatic carbocycles. The molecule has 0 heteroatoms. The van der Waals surface area contributed by atoms with Crippen LogP contribution >= 0.6 is 0 Å². The van der Waals surface area contributed by atoms with E-state index in [1.807, 2.05) is 0 Å². The largest absolute Gasteiger partial charge is 0.0620 e. The van der Waals surface area contributed by atoms with E-state index in [4.69, 9.17) is 0 Å². The Morgan fingerprint density at radius 1 is 0.455 bits per heavy atom. The molecule has 4 bridgehead atoms. The number of benzene rings is 2. The molecule has 3 saturated carbocycles. The van der Waals surface area contributed by atoms with Gasteiger partial charge in [0.15, 0.2) is 0 Å². The van der Waals surface area contributed by atoms with Crippen molar-refractivity contribution in [3.63, 3.8) is 0 Å². The Balaban J connectivity index is 1.39. The topological polar surface area (TPSA) is 0 Å². The predicted molar refractivity (Wildman–Crippen MR) is 87.0 cm³/mol. The van der Waals surface area contributed by atoms with Crippen molar-refractivity contribution >= 4 is 0 Å². The van der Waals surface area contributed by atoms with Gasteiger partial charge in [0.05, 0.1) is 0 Å². The highest BCUT2D eigenvalue weighted by Gasteiger charge is 2.71. The fourth-order valence-electron chi connectivity index (χ4n) is 7.91. The molecule has 4 atom stereocenters. The standard InChI is InChI=1S/C22H20/c1-2-6-12-11(5-1)15-9-16(12)20-19(15)21-17-10-18(22(20)21)14-8-4-3-7-13(14)17/h1-8,15-22H,9-10H2. The van der Waals surface area contributed by atoms with Gasteiger partial charge in [0.2, 0.25) is 0 Å². The van der Waals surface area contributed by atoms with Crippen LogP contribution in [0.2, 0.25) is 0 Å². The molecule has 5 aliphatic carbocycles. The molecule has 0 spiro atoms. The van der Waals surface area contributed by atoms with Crippen molar-refractivity contribution < 1.29 is 0 Å². The van der Waals surface area contributed by atoms with Gasteiger partial charge in [-0.15, -0.1) is 0 Å². The Kier molecular flexibility index (Phi) is 1.68. The number of hydrogen-bond acceptors (Lipinski definition) is 0. The summed E-state index contributed by atoms with van der Waals surface area (Å²) in [6.07, 6.45) is 2.94. The van der Waals surface area contributed by atoms with E-state index in [1.165, 1.54) is 12.8 Å². The van der Waals surface area contributed by atoms with Gasteiger partial charge < -0.3 is 0 Å². The lowest BCUT2D eigenvalue weighted by Crippen LogP contribution is -2.50. The van der Waals surface area contributed by atoms with Crippen LogP contribution < -0.4 is 0 Å². The smallest absolute Gasteiger partial charge is 0.0119 e. The third-order valence-corrected chi connectivity index (χ3v) is 8.24. The molecule has 0 aromatic heterocycles. The maximum Gasteiger partial charge on any atom is -0.0119 e. The molecule has 0 nitrogen and oxygen atoms in total. The van der Waals surface area contributed by atoms with Gasteiger partial charge in [-0.3, -0.25) is 0 Å². The molecule has 0 N–H and O–H groups in total. The van der Waals surface area contributed by atoms with Crippen LogP contribution in [0.1, 0.15) is 58.8 Å². The molecule has 4 unspecified atom stereocenters. The van der Waals surface area contributed by atoms with E-state index in [1.54, 1.807) is 22.3 Å². The third kappa shape index (κ3) is 0.960. The second-order valence-electron chi connectivity index (χ2n) is 8.46. The monoisotopic (exact) mass is 284 g/mol. The first-order chi connectivity index (χ1) is 10.9. The molecule has 0 amide bonds. The van der Waals surface area contributed by atoms with Crippen molar-refractivity contribution in [2.75, 3.05) is 0 Å². The highest BCUT2D eigenvalue weighted by molar-refractivity contribution is 5.51. The zero-order valence-electron chi connectivity index (χ0n) is 12.7. The van der Waals surface area contributed by atoms with Gasteiger partial charge in [-0.1, -0.05) is 48.5 Å². The molecular formula is C22H20. The lowest BCUT2D eigenvalue weighted by atomic mass is 9.47. The summed E-state index contributed by atoms with van der Waals surface area (Å²) in [6.45, 7) is 0. The van der Waals surface area contributed by atoms with Crippen molar-refractivity contribution in [3.8, 4) is 0 Å². The van der Waals surface area contributed by atoms with Crippen LogP contribution in [0.4, 0.5) is 0 Å². The minimum Gasteiger partial charge on any atom is -0.0620 e. The second kappa shape index (κ2) is 3.35. The Morgan fingerprint density at radius 3 is 1.00 bits per heavy atom. The summed E-state index contributed by atoms with van der Waals surface area (Å²) in [7, 11) is 0. The van der Waals surface area contributed by atoms with E-state index in [2.05, 4.69) is 48.5 Å². The summed E-state index contributed by atoms with van der Waals surface area (Å²) in [6, 6.07) is 18.8. The fraction of sp³-hybridized carbons (Fsp3) is 0.455. The molecule has 22 heavy (non-hydrogen) atoms. The Hall–Kier alpha value is -1.56. The Labute approximate surface area is 131 Å². The first-order valence-corrected chi connectivity index (χ1v) is 9.11. The molecule has 0 radical (unpaired) electrons. The first kappa shape index (κ1) is 11.0. The van der Waals surface area contributed by atoms with Crippen LogP contribution in [0.15, 0.2) is 48.5 Å². The molecule has 2 aromatic rings. The summed E-state index contributed by atoms with van der Waals surface area (Å²) in [5, 5.41) is 0. The highest BCUT2D eigenvalue weighted by Crippen LogP contribution is 2.80. The maximum absolute atomic E-state index is 2.44. The van der Waals surface area contributed by atoms with E-state index >= 15 is 0 Å². The molecule has 0 saturated heterocycles. The van der Waals surface area contributed by atoms with E-state index < -0.39 is 0 Å². The van der Waals surface area contributed by atoms with Crippen molar-refractivity contribution in [2.45, 2.75) is 36.5 Å². The molecule has 5 aliphatic rings. The van der Waals surface area contributed by atoms with Gasteiger partial charge in [-0.05, 0) is 82.4 Å². The second-order valence-corrected chi connectivity index (χ2v) is 8.46. The lowest BCUT2D eigenvalue weighted by Gasteiger charge is -2.57. The molecule has 7 rings (SSSR count). The SMILES string of the molecule is c1ccc2c(c1)C1CC2C2C1C1C3CC(c4ccccc43)C21. The summed E-state index contributed by atoms with van der Waals surface area (Å²) in [4.78, 5) is 0. The van der Waals surface area contributed by atoms with Gasteiger partial charge in [0.1, 0.15) is 0 Å². The zero-order chi connectivity index (χ0) is 14.0. The summed E-state index contributed by atoms with van der Waals surface area (Å²) in [5.74, 6) is 7.69. The van der Waals surface area contributed by atoms with Crippen molar-refractivity contribution in [3.05, 3.63) is 70.8 Å². The summed E-state index contributed by atoms with van der Waals surface area (Å²) >= 11 is 0. The van der Waals surface area contributed by atoms with E-state index in [0.717, 1.165) is 47.3 Å². The third-order valence-electron chi connectivity index (χ3n) is 8.24. The van der Waals surface area contributed by atoms with E-state index in [-0.39, 0.29) is 0 Å². The normalized spacial score (nSPS) is 47.6. The molecule has 3 fully saturated rings. The van der Waals surface area contributed by atoms with Gasteiger partial charge in [0, 0.05) is 0 Å². The Bertz CT molecular complexity index is 675. The highest BCUT2D eigenvalue weighted by atomic mass is 14.7. The van der Waals surface area contributed by atoms with Crippen LogP contribution in [-0.2, 0) is 0 Å². The van der Waals surface area contributed by atoms with Gasteiger partial charge in [-0.2, -0.15) is 0 Å². The number of rotatable bonds is 0. The Morgan fingerprint density at radius 2 is 0.727 bits per heavy atom. The van der Waals surface area contributed by atoms with E-state index in [0.29, 0.717) is 0 Å². The van der Waals surface area contributed by atoms with Gasteiger partial charge in [0.25, 0.3) is 0 Å².